The molecule has 2 aromatic rings. The molecule has 2 rings (SSSR count). The van der Waals surface area contributed by atoms with E-state index in [9.17, 15) is 0 Å². The number of nitrogens with one attached hydrogen (secondary N) is 1. The van der Waals surface area contributed by atoms with Gasteiger partial charge in [0.15, 0.2) is 0 Å². The minimum atomic E-state index is 0.118. The number of nitrogens with zero attached hydrogens (tertiary/aromatic N) is 4. The first kappa shape index (κ1) is 14.5. The van der Waals surface area contributed by atoms with E-state index in [1.165, 1.54) is 0 Å². The molecular weight excluding hydrogens is 254 g/mol. The van der Waals surface area contributed by atoms with Crippen molar-refractivity contribution in [3.8, 4) is 5.75 Å². The molecule has 0 aliphatic heterocycles. The predicted molar refractivity (Wildman–Crippen MR) is 76.6 cm³/mol. The highest BCUT2D eigenvalue weighted by atomic mass is 16.5. The summed E-state index contributed by atoms with van der Waals surface area (Å²) in [5, 5.41) is 7.58. The first-order chi connectivity index (χ1) is 9.80. The topological polar surface area (TPSA) is 64.9 Å². The Morgan fingerprint density at radius 1 is 1.45 bits per heavy atom. The average molecular weight is 275 g/mol. The Balaban J connectivity index is 2.22. The Hall–Kier alpha value is -1.95. The van der Waals surface area contributed by atoms with Gasteiger partial charge in [0, 0.05) is 30.8 Å². The van der Waals surface area contributed by atoms with Gasteiger partial charge in [-0.15, -0.1) is 0 Å². The van der Waals surface area contributed by atoms with Crippen LogP contribution in [0.2, 0.25) is 0 Å². The third kappa shape index (κ3) is 3.14. The van der Waals surface area contributed by atoms with Crippen LogP contribution < -0.4 is 10.1 Å². The number of hydrogen-bond acceptors (Lipinski definition) is 5. The number of aryl methyl sites for hydroxylation is 1. The fourth-order valence-corrected chi connectivity index (χ4v) is 2.24. The van der Waals surface area contributed by atoms with Crippen LogP contribution in [-0.4, -0.2) is 33.9 Å². The largest absolute Gasteiger partial charge is 0.495 e. The molecule has 0 spiro atoms. The fraction of sp³-hybridized carbons (Fsp3) is 0.500. The van der Waals surface area contributed by atoms with Gasteiger partial charge in [-0.3, -0.25) is 9.67 Å². The molecule has 6 nitrogen and oxygen atoms in total. The molecule has 20 heavy (non-hydrogen) atoms. The van der Waals surface area contributed by atoms with Crippen LogP contribution in [0.3, 0.4) is 0 Å². The van der Waals surface area contributed by atoms with Crippen molar-refractivity contribution < 1.29 is 4.74 Å². The first-order valence-electron chi connectivity index (χ1n) is 6.82. The van der Waals surface area contributed by atoms with E-state index in [-0.39, 0.29) is 6.04 Å². The number of ether oxygens (including phenoxy) is 1. The molecule has 1 N–H and O–H groups in total. The van der Waals surface area contributed by atoms with Gasteiger partial charge in [0.25, 0.3) is 0 Å². The average Bonchev–Trinajstić information content (AvgIpc) is 2.92. The maximum Gasteiger partial charge on any atom is 0.141 e. The second kappa shape index (κ2) is 7.00. The molecule has 0 amide bonds. The molecule has 1 atom stereocenters. The Morgan fingerprint density at radius 2 is 2.30 bits per heavy atom. The van der Waals surface area contributed by atoms with E-state index in [1.807, 2.05) is 17.8 Å². The highest BCUT2D eigenvalue weighted by Gasteiger charge is 2.17. The standard InChI is InChI=1S/C14H21N5O/c1-4-7-19-14(17-10-18-19)8-12(15-2)11-5-6-16-9-13(11)20-3/h5-6,9-10,12,15H,4,7-8H2,1-3H3. The Labute approximate surface area is 119 Å². The van der Waals surface area contributed by atoms with Crippen molar-refractivity contribution in [3.05, 3.63) is 36.2 Å². The summed E-state index contributed by atoms with van der Waals surface area (Å²) in [5.41, 5.74) is 1.08. The molecule has 108 valence electrons. The van der Waals surface area contributed by atoms with Crippen LogP contribution in [0, 0.1) is 0 Å². The van der Waals surface area contributed by atoms with Crippen LogP contribution in [0.15, 0.2) is 24.8 Å². The molecule has 6 heteroatoms. The van der Waals surface area contributed by atoms with Crippen molar-refractivity contribution in [3.63, 3.8) is 0 Å². The molecule has 0 saturated heterocycles. The normalized spacial score (nSPS) is 12.3. The lowest BCUT2D eigenvalue weighted by Crippen LogP contribution is -2.22. The lowest BCUT2D eigenvalue weighted by Gasteiger charge is -2.18. The molecule has 2 aromatic heterocycles. The van der Waals surface area contributed by atoms with E-state index in [0.29, 0.717) is 0 Å². The van der Waals surface area contributed by atoms with Gasteiger partial charge in [-0.05, 0) is 19.5 Å². The summed E-state index contributed by atoms with van der Waals surface area (Å²) in [7, 11) is 3.60. The maximum absolute atomic E-state index is 5.38. The van der Waals surface area contributed by atoms with Gasteiger partial charge in [-0.1, -0.05) is 6.92 Å². The predicted octanol–water partition coefficient (Wildman–Crippen LogP) is 1.59. The highest BCUT2D eigenvalue weighted by molar-refractivity contribution is 5.33. The Kier molecular flexibility index (Phi) is 5.06. The van der Waals surface area contributed by atoms with Gasteiger partial charge < -0.3 is 10.1 Å². The summed E-state index contributed by atoms with van der Waals surface area (Å²) >= 11 is 0. The fourth-order valence-electron chi connectivity index (χ4n) is 2.24. The maximum atomic E-state index is 5.38. The van der Waals surface area contributed by atoms with Crippen LogP contribution in [0.5, 0.6) is 5.75 Å². The van der Waals surface area contributed by atoms with Crippen LogP contribution in [0.25, 0.3) is 0 Å². The Bertz CT molecular complexity index is 540. The first-order valence-corrected chi connectivity index (χ1v) is 6.82. The molecule has 1 unspecified atom stereocenters. The molecule has 0 radical (unpaired) electrons. The SMILES string of the molecule is CCCn1ncnc1CC(NC)c1ccncc1OC. The highest BCUT2D eigenvalue weighted by Crippen LogP contribution is 2.25. The van der Waals surface area contributed by atoms with Crippen LogP contribution >= 0.6 is 0 Å². The van der Waals surface area contributed by atoms with Gasteiger partial charge in [0.2, 0.25) is 0 Å². The van der Waals surface area contributed by atoms with Gasteiger partial charge in [0.1, 0.15) is 17.9 Å². The molecule has 0 aliphatic carbocycles. The second-order valence-corrected chi connectivity index (χ2v) is 4.56. The zero-order chi connectivity index (χ0) is 14.4. The third-order valence-corrected chi connectivity index (χ3v) is 3.28. The van der Waals surface area contributed by atoms with Crippen LogP contribution in [-0.2, 0) is 13.0 Å². The summed E-state index contributed by atoms with van der Waals surface area (Å²) in [5.74, 6) is 1.76. The summed E-state index contributed by atoms with van der Waals surface area (Å²) < 4.78 is 7.34. The number of rotatable bonds is 7. The van der Waals surface area contributed by atoms with Gasteiger partial charge >= 0.3 is 0 Å². The lowest BCUT2D eigenvalue weighted by molar-refractivity contribution is 0.397. The quantitative estimate of drug-likeness (QED) is 0.831. The number of methoxy groups -OCH3 is 1. The van der Waals surface area contributed by atoms with Crippen molar-refractivity contribution in [1.29, 1.82) is 0 Å². The van der Waals surface area contributed by atoms with Crippen LogP contribution in [0.4, 0.5) is 0 Å². The molecule has 0 fully saturated rings. The van der Waals surface area contributed by atoms with Gasteiger partial charge in [-0.25, -0.2) is 4.98 Å². The van der Waals surface area contributed by atoms with E-state index in [0.717, 1.165) is 36.5 Å². The summed E-state index contributed by atoms with van der Waals surface area (Å²) in [6.07, 6.45) is 6.92. The minimum absolute atomic E-state index is 0.118. The van der Waals surface area contributed by atoms with Gasteiger partial charge in [-0.2, -0.15) is 5.10 Å². The molecule has 2 heterocycles. The summed E-state index contributed by atoms with van der Waals surface area (Å²) in [4.78, 5) is 8.45. The molecule has 0 bridgehead atoms. The number of pyridine rings is 1. The molecule has 0 saturated carbocycles. The van der Waals surface area contributed by atoms with E-state index >= 15 is 0 Å². The van der Waals surface area contributed by atoms with Crippen molar-refractivity contribution in [2.45, 2.75) is 32.4 Å². The van der Waals surface area contributed by atoms with Crippen molar-refractivity contribution in [2.24, 2.45) is 0 Å². The second-order valence-electron chi connectivity index (χ2n) is 4.56. The Morgan fingerprint density at radius 3 is 3.00 bits per heavy atom. The number of hydrogen-bond donors (Lipinski definition) is 1. The smallest absolute Gasteiger partial charge is 0.141 e. The summed E-state index contributed by atoms with van der Waals surface area (Å²) in [6.45, 7) is 3.02. The van der Waals surface area contributed by atoms with Crippen molar-refractivity contribution >= 4 is 0 Å². The zero-order valence-corrected chi connectivity index (χ0v) is 12.2. The van der Waals surface area contributed by atoms with Gasteiger partial charge in [0.05, 0.1) is 13.3 Å². The lowest BCUT2D eigenvalue weighted by atomic mass is 10.0. The van der Waals surface area contributed by atoms with E-state index < -0.39 is 0 Å². The van der Waals surface area contributed by atoms with Crippen LogP contribution in [0.1, 0.15) is 30.8 Å². The molecule has 0 aliphatic rings. The van der Waals surface area contributed by atoms with Crippen molar-refractivity contribution in [1.82, 2.24) is 25.1 Å². The van der Waals surface area contributed by atoms with Crippen molar-refractivity contribution in [2.75, 3.05) is 14.2 Å². The number of aromatic nitrogens is 4. The zero-order valence-electron chi connectivity index (χ0n) is 12.2. The third-order valence-electron chi connectivity index (χ3n) is 3.28. The summed E-state index contributed by atoms with van der Waals surface area (Å²) in [6, 6.07) is 2.09. The number of likely N-dealkylation sites (N-methyl/N-ethyl adjacent to an activating group) is 1. The van der Waals surface area contributed by atoms with E-state index in [1.54, 1.807) is 25.8 Å². The molecular formula is C14H21N5O. The minimum Gasteiger partial charge on any atom is -0.495 e. The van der Waals surface area contributed by atoms with E-state index in [2.05, 4.69) is 27.3 Å². The van der Waals surface area contributed by atoms with E-state index in [4.69, 9.17) is 4.74 Å². The molecule has 0 aromatic carbocycles. The monoisotopic (exact) mass is 275 g/mol.